The van der Waals surface area contributed by atoms with Crippen LogP contribution in [0.5, 0.6) is 0 Å². The molecule has 5 aromatic heterocycles. The lowest BCUT2D eigenvalue weighted by Crippen LogP contribution is -1.98. The van der Waals surface area contributed by atoms with Gasteiger partial charge in [-0.1, -0.05) is 146 Å². The van der Waals surface area contributed by atoms with Gasteiger partial charge in [-0.3, -0.25) is 0 Å². The number of hydrogen-bond donors (Lipinski definition) is 0. The van der Waals surface area contributed by atoms with E-state index in [0.717, 1.165) is 100.0 Å². The van der Waals surface area contributed by atoms with E-state index in [1.54, 1.807) is 0 Å². The standard InChI is InChI=1S/C64H38N4O2/c1-4-15-39(16-5-1)53-38-54(42-27-30-47-46-22-11-13-25-57(46)70-60(47)37-42)66-64(65-53)50-23-14-26-59-61(50)52-36-41(29-34-58(52)69-59)40-28-33-56-51(35-40)49-32-31-48-45-21-10-12-24-55(45)67(43-17-6-2-7-18-43)62(48)63(49)68(56)44-19-8-3-9-20-44/h1-38H. The Bertz CT molecular complexity index is 4580. The quantitative estimate of drug-likeness (QED) is 0.167. The molecule has 0 amide bonds. The predicted octanol–water partition coefficient (Wildman–Crippen LogP) is 17.1. The molecule has 6 nitrogen and oxygen atoms in total. The molecule has 0 radical (unpaired) electrons. The molecule has 0 saturated heterocycles. The first-order valence-corrected chi connectivity index (χ1v) is 23.6. The molecule has 10 aromatic carbocycles. The largest absolute Gasteiger partial charge is 0.456 e. The Hall–Kier alpha value is -9.52. The monoisotopic (exact) mass is 894 g/mol. The van der Waals surface area contributed by atoms with Crippen molar-refractivity contribution in [3.8, 4) is 56.4 Å². The van der Waals surface area contributed by atoms with Gasteiger partial charge in [-0.05, 0) is 96.1 Å². The highest BCUT2D eigenvalue weighted by molar-refractivity contribution is 6.24. The van der Waals surface area contributed by atoms with E-state index in [-0.39, 0.29) is 0 Å². The van der Waals surface area contributed by atoms with Crippen LogP contribution in [0.3, 0.4) is 0 Å². The fourth-order valence-corrected chi connectivity index (χ4v) is 11.0. The molecule has 326 valence electrons. The van der Waals surface area contributed by atoms with E-state index < -0.39 is 0 Å². The molecule has 0 aliphatic heterocycles. The summed E-state index contributed by atoms with van der Waals surface area (Å²) in [6.07, 6.45) is 0. The summed E-state index contributed by atoms with van der Waals surface area (Å²) < 4.78 is 17.9. The van der Waals surface area contributed by atoms with Gasteiger partial charge < -0.3 is 18.0 Å². The number of rotatable bonds is 6. The molecule has 6 heteroatoms. The normalized spacial score (nSPS) is 12.0. The molecule has 0 aliphatic carbocycles. The van der Waals surface area contributed by atoms with E-state index in [1.165, 1.54) is 38.1 Å². The molecule has 0 saturated carbocycles. The van der Waals surface area contributed by atoms with Crippen molar-refractivity contribution in [3.63, 3.8) is 0 Å². The topological polar surface area (TPSA) is 61.9 Å². The van der Waals surface area contributed by atoms with Crippen molar-refractivity contribution < 1.29 is 8.83 Å². The average Bonchev–Trinajstić information content (AvgIpc) is 4.18. The minimum Gasteiger partial charge on any atom is -0.456 e. The lowest BCUT2D eigenvalue weighted by Gasteiger charge is -2.12. The van der Waals surface area contributed by atoms with Crippen LogP contribution in [-0.4, -0.2) is 19.1 Å². The van der Waals surface area contributed by atoms with E-state index in [1.807, 2.05) is 48.5 Å². The highest BCUT2D eigenvalue weighted by atomic mass is 16.3. The first-order chi connectivity index (χ1) is 34.7. The van der Waals surface area contributed by atoms with Gasteiger partial charge in [0, 0.05) is 71.2 Å². The van der Waals surface area contributed by atoms with E-state index in [4.69, 9.17) is 18.8 Å². The molecular formula is C64H38N4O2. The first kappa shape index (κ1) is 38.6. The van der Waals surface area contributed by atoms with Crippen LogP contribution in [0.4, 0.5) is 0 Å². The van der Waals surface area contributed by atoms with Gasteiger partial charge in [-0.25, -0.2) is 9.97 Å². The molecule has 0 N–H and O–H groups in total. The Kier molecular flexibility index (Phi) is 8.26. The van der Waals surface area contributed by atoms with Crippen molar-refractivity contribution in [2.45, 2.75) is 0 Å². The van der Waals surface area contributed by atoms with Crippen molar-refractivity contribution in [1.82, 2.24) is 19.1 Å². The van der Waals surface area contributed by atoms with E-state index in [0.29, 0.717) is 5.82 Å². The van der Waals surface area contributed by atoms with E-state index >= 15 is 0 Å². The summed E-state index contributed by atoms with van der Waals surface area (Å²) in [5, 5.41) is 8.97. The van der Waals surface area contributed by atoms with Crippen molar-refractivity contribution in [2.75, 3.05) is 0 Å². The lowest BCUT2D eigenvalue weighted by atomic mass is 9.98. The highest BCUT2D eigenvalue weighted by Crippen LogP contribution is 2.44. The van der Waals surface area contributed by atoms with Crippen LogP contribution in [0.1, 0.15) is 0 Å². The number of para-hydroxylation sites is 4. The maximum atomic E-state index is 6.63. The minimum absolute atomic E-state index is 0.620. The van der Waals surface area contributed by atoms with Crippen LogP contribution in [0.2, 0.25) is 0 Å². The second kappa shape index (κ2) is 15.0. The third-order valence-corrected chi connectivity index (χ3v) is 14.1. The Morgan fingerprint density at radius 3 is 1.59 bits per heavy atom. The summed E-state index contributed by atoms with van der Waals surface area (Å²) >= 11 is 0. The van der Waals surface area contributed by atoms with Crippen molar-refractivity contribution in [1.29, 1.82) is 0 Å². The molecule has 0 aliphatic rings. The van der Waals surface area contributed by atoms with Crippen LogP contribution >= 0.6 is 0 Å². The zero-order chi connectivity index (χ0) is 45.9. The van der Waals surface area contributed by atoms with Gasteiger partial charge in [-0.2, -0.15) is 0 Å². The van der Waals surface area contributed by atoms with Gasteiger partial charge in [-0.15, -0.1) is 0 Å². The van der Waals surface area contributed by atoms with Gasteiger partial charge in [0.2, 0.25) is 0 Å². The Balaban J connectivity index is 0.928. The zero-order valence-corrected chi connectivity index (χ0v) is 37.5. The molecule has 0 spiro atoms. The Labute approximate surface area is 400 Å². The fourth-order valence-electron chi connectivity index (χ4n) is 11.0. The number of fused-ring (bicyclic) bond motifs is 13. The first-order valence-electron chi connectivity index (χ1n) is 23.6. The van der Waals surface area contributed by atoms with E-state index in [9.17, 15) is 0 Å². The van der Waals surface area contributed by atoms with Crippen molar-refractivity contribution >= 4 is 87.5 Å². The van der Waals surface area contributed by atoms with Crippen LogP contribution in [-0.2, 0) is 0 Å². The van der Waals surface area contributed by atoms with Gasteiger partial charge in [0.1, 0.15) is 22.3 Å². The number of benzene rings is 10. The summed E-state index contributed by atoms with van der Waals surface area (Å²) in [4.78, 5) is 10.6. The predicted molar refractivity (Wildman–Crippen MR) is 287 cm³/mol. The SMILES string of the molecule is c1ccc(-c2cc(-c3ccc4c(c3)oc3ccccc34)nc(-c3cccc4oc5ccc(-c6ccc7c(c6)c6ccc8c9ccccc9n(-c9ccccc9)c8c6n7-c6ccccc6)cc5c34)n2)cc1. The van der Waals surface area contributed by atoms with Crippen molar-refractivity contribution in [2.24, 2.45) is 0 Å². The maximum Gasteiger partial charge on any atom is 0.161 e. The van der Waals surface area contributed by atoms with E-state index in [2.05, 4.69) is 191 Å². The Morgan fingerprint density at radius 2 is 0.829 bits per heavy atom. The summed E-state index contributed by atoms with van der Waals surface area (Å²) in [5.74, 6) is 0.620. The molecule has 0 fully saturated rings. The fraction of sp³-hybridized carbons (Fsp3) is 0. The third kappa shape index (κ3) is 5.80. The minimum atomic E-state index is 0.620. The second-order valence-electron chi connectivity index (χ2n) is 18.1. The summed E-state index contributed by atoms with van der Waals surface area (Å²) in [6.45, 7) is 0. The molecule has 0 atom stereocenters. The molecule has 0 unspecified atom stereocenters. The molecule has 15 rings (SSSR count). The van der Waals surface area contributed by atoms with Crippen LogP contribution in [0.15, 0.2) is 239 Å². The second-order valence-corrected chi connectivity index (χ2v) is 18.1. The van der Waals surface area contributed by atoms with Crippen LogP contribution < -0.4 is 0 Å². The van der Waals surface area contributed by atoms with Gasteiger partial charge in [0.25, 0.3) is 0 Å². The van der Waals surface area contributed by atoms with Crippen LogP contribution in [0.25, 0.3) is 144 Å². The van der Waals surface area contributed by atoms with Crippen molar-refractivity contribution in [3.05, 3.63) is 231 Å². The summed E-state index contributed by atoms with van der Waals surface area (Å²) in [5.41, 5.74) is 16.9. The maximum absolute atomic E-state index is 6.63. The molecule has 70 heavy (non-hydrogen) atoms. The number of hydrogen-bond acceptors (Lipinski definition) is 4. The molecular weight excluding hydrogens is 857 g/mol. The van der Waals surface area contributed by atoms with Gasteiger partial charge >= 0.3 is 0 Å². The number of nitrogens with zero attached hydrogens (tertiary/aromatic N) is 4. The highest BCUT2D eigenvalue weighted by Gasteiger charge is 2.23. The lowest BCUT2D eigenvalue weighted by molar-refractivity contribution is 0.668. The molecule has 5 heterocycles. The van der Waals surface area contributed by atoms with Crippen LogP contribution in [0, 0.1) is 0 Å². The average molecular weight is 895 g/mol. The Morgan fingerprint density at radius 1 is 0.300 bits per heavy atom. The van der Waals surface area contributed by atoms with Gasteiger partial charge in [0.05, 0.1) is 33.5 Å². The molecule has 0 bridgehead atoms. The summed E-state index contributed by atoms with van der Waals surface area (Å²) in [6, 6.07) is 81.4. The summed E-state index contributed by atoms with van der Waals surface area (Å²) in [7, 11) is 0. The third-order valence-electron chi connectivity index (χ3n) is 14.1. The smallest absolute Gasteiger partial charge is 0.161 e. The number of aromatic nitrogens is 4. The van der Waals surface area contributed by atoms with Gasteiger partial charge in [0.15, 0.2) is 5.82 Å². The molecule has 15 aromatic rings. The zero-order valence-electron chi connectivity index (χ0n) is 37.5. The number of furan rings is 2.